The third-order valence-corrected chi connectivity index (χ3v) is 10.9. The van der Waals surface area contributed by atoms with Crippen LogP contribution in [0.1, 0.15) is 109 Å². The number of hydrogen-bond donors (Lipinski definition) is 3. The van der Waals surface area contributed by atoms with E-state index in [-0.39, 0.29) is 35.9 Å². The van der Waals surface area contributed by atoms with E-state index in [0.29, 0.717) is 13.1 Å². The van der Waals surface area contributed by atoms with Crippen molar-refractivity contribution in [1.82, 2.24) is 35.1 Å². The lowest BCUT2D eigenvalue weighted by atomic mass is 9.96. The molecule has 2 saturated heterocycles. The first-order chi connectivity index (χ1) is 26.3. The van der Waals surface area contributed by atoms with Crippen molar-refractivity contribution in [3.05, 3.63) is 70.1 Å². The van der Waals surface area contributed by atoms with E-state index in [9.17, 15) is 14.4 Å². The second-order valence-electron chi connectivity index (χ2n) is 16.3. The van der Waals surface area contributed by atoms with Crippen LogP contribution in [0.15, 0.2) is 42.5 Å². The molecule has 290 valence electrons. The Kier molecular flexibility index (Phi) is 10.4. The first-order valence-corrected chi connectivity index (χ1v) is 19.5. The molecule has 3 aromatic carbocycles. The molecule has 7 rings (SSSR count). The highest BCUT2D eigenvalue weighted by Crippen LogP contribution is 2.35. The Morgan fingerprint density at radius 1 is 0.891 bits per heavy atom. The minimum absolute atomic E-state index is 0.102. The number of amides is 3. The zero-order valence-corrected chi connectivity index (χ0v) is 33.2. The number of benzene rings is 3. The minimum Gasteiger partial charge on any atom is -0.453 e. The molecule has 3 amide bonds. The number of ether oxygens (including phenoxy) is 2. The van der Waals surface area contributed by atoms with E-state index in [1.54, 1.807) is 4.90 Å². The SMILES string of the molecule is C/C=c1\c(=C/C(C)c2ccc3c(ccc4[nH]c(C5CCCN5C(=O)[C@@H](NC(=O)OC)C(C)C)nc43)c2)ccc2[nH]c(C3CCCN3C(=O)OC(C)(C)C)nc12. The van der Waals surface area contributed by atoms with Gasteiger partial charge in [0.05, 0.1) is 41.3 Å². The fourth-order valence-corrected chi connectivity index (χ4v) is 8.17. The molecule has 0 radical (unpaired) electrons. The Balaban J connectivity index is 1.15. The highest BCUT2D eigenvalue weighted by Gasteiger charge is 2.38. The lowest BCUT2D eigenvalue weighted by Gasteiger charge is -2.29. The van der Waals surface area contributed by atoms with Crippen LogP contribution >= 0.6 is 0 Å². The second-order valence-corrected chi connectivity index (χ2v) is 16.3. The minimum atomic E-state index is -0.686. The van der Waals surface area contributed by atoms with Crippen molar-refractivity contribution in [2.75, 3.05) is 20.2 Å². The van der Waals surface area contributed by atoms with Crippen molar-refractivity contribution in [1.29, 1.82) is 0 Å². The fraction of sp³-hybridized carbons (Fsp3) is 0.465. The van der Waals surface area contributed by atoms with Crippen LogP contribution in [0, 0.1) is 5.92 Å². The van der Waals surface area contributed by atoms with Crippen LogP contribution in [0.3, 0.4) is 0 Å². The lowest BCUT2D eigenvalue weighted by molar-refractivity contribution is -0.135. The van der Waals surface area contributed by atoms with Crippen LogP contribution < -0.4 is 15.8 Å². The second kappa shape index (κ2) is 15.0. The van der Waals surface area contributed by atoms with Gasteiger partial charge in [0.25, 0.3) is 0 Å². The van der Waals surface area contributed by atoms with Crippen LogP contribution in [-0.2, 0) is 14.3 Å². The topological polar surface area (TPSA) is 146 Å². The number of carbonyl (C=O) groups is 3. The van der Waals surface area contributed by atoms with Gasteiger partial charge in [-0.2, -0.15) is 0 Å². The average molecular weight is 748 g/mol. The number of nitrogens with one attached hydrogen (secondary N) is 3. The smallest absolute Gasteiger partial charge is 0.410 e. The lowest BCUT2D eigenvalue weighted by Crippen LogP contribution is -2.51. The Labute approximate surface area is 321 Å². The van der Waals surface area contributed by atoms with Crippen molar-refractivity contribution in [2.24, 2.45) is 5.92 Å². The number of H-pyrrole nitrogens is 2. The summed E-state index contributed by atoms with van der Waals surface area (Å²) in [5.74, 6) is 1.42. The van der Waals surface area contributed by atoms with Crippen LogP contribution in [0.25, 0.3) is 45.0 Å². The predicted molar refractivity (Wildman–Crippen MR) is 215 cm³/mol. The highest BCUT2D eigenvalue weighted by atomic mass is 16.6. The Morgan fingerprint density at radius 2 is 1.53 bits per heavy atom. The molecule has 2 aromatic heterocycles. The third-order valence-electron chi connectivity index (χ3n) is 10.9. The molecule has 0 aliphatic carbocycles. The summed E-state index contributed by atoms with van der Waals surface area (Å²) >= 11 is 0. The zero-order valence-electron chi connectivity index (χ0n) is 33.2. The summed E-state index contributed by atoms with van der Waals surface area (Å²) < 4.78 is 10.5. The molecule has 3 N–H and O–H groups in total. The van der Waals surface area contributed by atoms with Gasteiger partial charge in [-0.3, -0.25) is 9.69 Å². The maximum Gasteiger partial charge on any atom is 0.410 e. The summed E-state index contributed by atoms with van der Waals surface area (Å²) in [6.45, 7) is 15.0. The number of carbonyl (C=O) groups excluding carboxylic acids is 3. The van der Waals surface area contributed by atoms with Crippen molar-refractivity contribution in [3.63, 3.8) is 0 Å². The van der Waals surface area contributed by atoms with Gasteiger partial charge in [-0.05, 0) is 93.5 Å². The van der Waals surface area contributed by atoms with Gasteiger partial charge in [-0.1, -0.05) is 63.3 Å². The largest absolute Gasteiger partial charge is 0.453 e. The van der Waals surface area contributed by atoms with Gasteiger partial charge in [-0.25, -0.2) is 19.6 Å². The number of nitrogens with zero attached hydrogens (tertiary/aromatic N) is 4. The summed E-state index contributed by atoms with van der Waals surface area (Å²) in [5, 5.41) is 7.01. The first kappa shape index (κ1) is 37.9. The summed E-state index contributed by atoms with van der Waals surface area (Å²) in [4.78, 5) is 59.6. The van der Waals surface area contributed by atoms with Gasteiger partial charge >= 0.3 is 12.2 Å². The molecule has 2 aliphatic heterocycles. The fourth-order valence-electron chi connectivity index (χ4n) is 8.17. The standard InChI is InChI=1S/C43H53N7O5/c1-9-29-27(15-18-31-36(29)46-39(44-31)34-13-11-21-50(34)42(53)55-43(5,6)7)22-25(4)26-14-17-30-28(23-26)16-19-32-37(30)47-38(45-32)33-12-10-20-49(33)40(51)35(24(2)3)48-41(52)54-8/h9,14-19,22-25,33-35H,10-13,20-21H2,1-8H3,(H,44,46)(H,45,47)(H,48,52)/b27-22-,29-9+/t25?,33?,34?,35-/m0/s1. The Morgan fingerprint density at radius 3 is 2.18 bits per heavy atom. The van der Waals surface area contributed by atoms with Gasteiger partial charge in [0, 0.05) is 23.7 Å². The van der Waals surface area contributed by atoms with Crippen molar-refractivity contribution in [2.45, 2.75) is 104 Å². The van der Waals surface area contributed by atoms with Gasteiger partial charge in [0.1, 0.15) is 23.3 Å². The molecule has 12 nitrogen and oxygen atoms in total. The molecule has 2 fully saturated rings. The number of fused-ring (bicyclic) bond motifs is 4. The van der Waals surface area contributed by atoms with Crippen LogP contribution in [-0.4, -0.2) is 79.7 Å². The molecule has 5 aromatic rings. The molecule has 3 unspecified atom stereocenters. The number of alkyl carbamates (subject to hydrolysis) is 1. The first-order valence-electron chi connectivity index (χ1n) is 19.5. The predicted octanol–water partition coefficient (Wildman–Crippen LogP) is 7.09. The third kappa shape index (κ3) is 7.51. The van der Waals surface area contributed by atoms with Gasteiger partial charge < -0.3 is 29.7 Å². The number of aromatic amines is 2. The van der Waals surface area contributed by atoms with Gasteiger partial charge in [-0.15, -0.1) is 0 Å². The van der Waals surface area contributed by atoms with Crippen molar-refractivity contribution in [3.8, 4) is 0 Å². The van der Waals surface area contributed by atoms with E-state index in [1.807, 2.05) is 46.4 Å². The Hall–Kier alpha value is -5.39. The number of methoxy groups -OCH3 is 1. The monoisotopic (exact) mass is 747 g/mol. The number of aromatic nitrogens is 4. The summed E-state index contributed by atoms with van der Waals surface area (Å²) in [7, 11) is 1.30. The van der Waals surface area contributed by atoms with Crippen molar-refractivity contribution < 1.29 is 23.9 Å². The zero-order chi connectivity index (χ0) is 39.2. The molecule has 55 heavy (non-hydrogen) atoms. The van der Waals surface area contributed by atoms with E-state index < -0.39 is 17.7 Å². The molecule has 0 spiro atoms. The molecule has 0 saturated carbocycles. The normalized spacial score (nSPS) is 19.6. The quantitative estimate of drug-likeness (QED) is 0.161. The maximum atomic E-state index is 13.7. The van der Waals surface area contributed by atoms with E-state index in [0.717, 1.165) is 80.6 Å². The van der Waals surface area contributed by atoms with Crippen LogP contribution in [0.4, 0.5) is 9.59 Å². The molecule has 2 aliphatic rings. The van der Waals surface area contributed by atoms with Crippen molar-refractivity contribution >= 4 is 63.1 Å². The maximum absolute atomic E-state index is 13.7. The molecule has 12 heteroatoms. The average Bonchev–Trinajstić information content (AvgIpc) is 3.97. The number of likely N-dealkylation sites (tertiary alicyclic amines) is 2. The number of rotatable bonds is 7. The number of hydrogen-bond acceptors (Lipinski definition) is 7. The summed E-state index contributed by atoms with van der Waals surface area (Å²) in [6.07, 6.45) is 6.85. The van der Waals surface area contributed by atoms with Crippen LogP contribution in [0.2, 0.25) is 0 Å². The van der Waals surface area contributed by atoms with E-state index >= 15 is 0 Å². The highest BCUT2D eigenvalue weighted by molar-refractivity contribution is 6.04. The van der Waals surface area contributed by atoms with Gasteiger partial charge in [0.2, 0.25) is 5.91 Å². The van der Waals surface area contributed by atoms with E-state index in [1.165, 1.54) is 12.7 Å². The molecular weight excluding hydrogens is 695 g/mol. The number of imidazole rings is 2. The molecule has 4 atom stereocenters. The van der Waals surface area contributed by atoms with Crippen LogP contribution in [0.5, 0.6) is 0 Å². The molecular formula is C43H53N7O5. The summed E-state index contributed by atoms with van der Waals surface area (Å²) in [6, 6.07) is 13.9. The van der Waals surface area contributed by atoms with Gasteiger partial charge in [0.15, 0.2) is 0 Å². The van der Waals surface area contributed by atoms with E-state index in [2.05, 4.69) is 76.8 Å². The Bertz CT molecular complexity index is 2390. The van der Waals surface area contributed by atoms with E-state index in [4.69, 9.17) is 19.4 Å². The molecule has 4 heterocycles. The summed E-state index contributed by atoms with van der Waals surface area (Å²) in [5.41, 5.74) is 4.25. The molecule has 0 bridgehead atoms.